The molecule has 2 rings (SSSR count). The van der Waals surface area contributed by atoms with Crippen molar-refractivity contribution in [1.82, 2.24) is 0 Å². The normalized spacial score (nSPS) is 10.1. The molecule has 0 bridgehead atoms. The molecule has 0 aliphatic heterocycles. The van der Waals surface area contributed by atoms with Gasteiger partial charge in [0, 0.05) is 16.8 Å². The van der Waals surface area contributed by atoms with Crippen molar-refractivity contribution in [2.75, 3.05) is 5.32 Å². The molecule has 2 aromatic carbocycles. The van der Waals surface area contributed by atoms with Crippen LogP contribution in [-0.4, -0.2) is 11.0 Å². The molecule has 0 atom stereocenters. The summed E-state index contributed by atoms with van der Waals surface area (Å²) in [6, 6.07) is 10.9. The molecule has 0 saturated carbocycles. The highest BCUT2D eigenvalue weighted by molar-refractivity contribution is 6.36. The van der Waals surface area contributed by atoms with Gasteiger partial charge in [-0.1, -0.05) is 29.3 Å². The number of carbonyl (C=O) groups excluding carboxylic acids is 1. The third-order valence-electron chi connectivity index (χ3n) is 2.28. The lowest BCUT2D eigenvalue weighted by molar-refractivity contribution is 0.102. The Morgan fingerprint density at radius 1 is 1.11 bits per heavy atom. The first kappa shape index (κ1) is 12.7. The fourth-order valence-electron chi connectivity index (χ4n) is 1.45. The van der Waals surface area contributed by atoms with E-state index in [-0.39, 0.29) is 17.2 Å². The van der Waals surface area contributed by atoms with E-state index in [1.807, 2.05) is 0 Å². The maximum atomic E-state index is 12.0. The van der Waals surface area contributed by atoms with Gasteiger partial charge in [-0.15, -0.1) is 0 Å². The average molecular weight is 282 g/mol. The van der Waals surface area contributed by atoms with Crippen LogP contribution >= 0.6 is 23.2 Å². The SMILES string of the molecule is O=C(Nc1cccc(O)c1)c1cc(Cl)ccc1Cl. The minimum atomic E-state index is -0.381. The van der Waals surface area contributed by atoms with Crippen LogP contribution in [0, 0.1) is 0 Å². The van der Waals surface area contributed by atoms with Gasteiger partial charge in [0.05, 0.1) is 10.6 Å². The number of benzene rings is 2. The van der Waals surface area contributed by atoms with E-state index in [1.165, 1.54) is 18.2 Å². The second-order valence-corrected chi connectivity index (χ2v) is 4.47. The Morgan fingerprint density at radius 2 is 1.89 bits per heavy atom. The maximum absolute atomic E-state index is 12.0. The molecule has 3 nitrogen and oxygen atoms in total. The van der Waals surface area contributed by atoms with Gasteiger partial charge in [-0.3, -0.25) is 4.79 Å². The second kappa shape index (κ2) is 5.29. The zero-order chi connectivity index (χ0) is 13.1. The van der Waals surface area contributed by atoms with Gasteiger partial charge in [-0.25, -0.2) is 0 Å². The monoisotopic (exact) mass is 281 g/mol. The standard InChI is InChI=1S/C13H9Cl2NO2/c14-8-4-5-12(15)11(6-8)13(18)16-9-2-1-3-10(17)7-9/h1-7,17H,(H,16,18). The third-order valence-corrected chi connectivity index (χ3v) is 2.84. The van der Waals surface area contributed by atoms with Gasteiger partial charge in [0.15, 0.2) is 0 Å². The Morgan fingerprint density at radius 3 is 2.61 bits per heavy atom. The molecule has 0 aromatic heterocycles. The van der Waals surface area contributed by atoms with Crippen LogP contribution in [0.1, 0.15) is 10.4 Å². The number of halogens is 2. The van der Waals surface area contributed by atoms with E-state index in [9.17, 15) is 9.90 Å². The first-order valence-corrected chi connectivity index (χ1v) is 5.87. The van der Waals surface area contributed by atoms with E-state index < -0.39 is 0 Å². The Kier molecular flexibility index (Phi) is 3.75. The number of anilines is 1. The smallest absolute Gasteiger partial charge is 0.257 e. The molecule has 1 amide bonds. The lowest BCUT2D eigenvalue weighted by Gasteiger charge is -2.07. The second-order valence-electron chi connectivity index (χ2n) is 3.63. The number of rotatable bonds is 2. The number of hydrogen-bond acceptors (Lipinski definition) is 2. The number of carbonyl (C=O) groups is 1. The van der Waals surface area contributed by atoms with Gasteiger partial charge < -0.3 is 10.4 Å². The number of aromatic hydroxyl groups is 1. The predicted molar refractivity (Wildman–Crippen MR) is 72.5 cm³/mol. The molecule has 2 aromatic rings. The first-order valence-electron chi connectivity index (χ1n) is 5.12. The summed E-state index contributed by atoms with van der Waals surface area (Å²) in [7, 11) is 0. The van der Waals surface area contributed by atoms with E-state index in [0.717, 1.165) is 0 Å². The predicted octanol–water partition coefficient (Wildman–Crippen LogP) is 3.95. The van der Waals surface area contributed by atoms with E-state index >= 15 is 0 Å². The van der Waals surface area contributed by atoms with Gasteiger partial charge in [-0.2, -0.15) is 0 Å². The first-order chi connectivity index (χ1) is 8.56. The van der Waals surface area contributed by atoms with Crippen LogP contribution < -0.4 is 5.32 Å². The lowest BCUT2D eigenvalue weighted by Crippen LogP contribution is -2.12. The van der Waals surface area contributed by atoms with Crippen molar-refractivity contribution in [3.8, 4) is 5.75 Å². The van der Waals surface area contributed by atoms with Crippen LogP contribution in [0.3, 0.4) is 0 Å². The van der Waals surface area contributed by atoms with Crippen LogP contribution in [-0.2, 0) is 0 Å². The third kappa shape index (κ3) is 2.94. The van der Waals surface area contributed by atoms with Crippen LogP contribution in [0.2, 0.25) is 10.0 Å². The average Bonchev–Trinajstić information content (AvgIpc) is 2.32. The molecule has 0 fully saturated rings. The summed E-state index contributed by atoms with van der Waals surface area (Å²) in [5.41, 5.74) is 0.767. The Bertz CT molecular complexity index is 599. The molecule has 0 unspecified atom stereocenters. The van der Waals surface area contributed by atoms with Crippen molar-refractivity contribution in [3.05, 3.63) is 58.1 Å². The minimum absolute atomic E-state index is 0.0741. The Balaban J connectivity index is 2.24. The van der Waals surface area contributed by atoms with Crippen molar-refractivity contribution >= 4 is 34.8 Å². The number of nitrogens with one attached hydrogen (secondary N) is 1. The summed E-state index contributed by atoms with van der Waals surface area (Å²) in [5.74, 6) is -0.307. The molecule has 0 aliphatic rings. The summed E-state index contributed by atoms with van der Waals surface area (Å²) >= 11 is 11.7. The molecule has 5 heteroatoms. The van der Waals surface area contributed by atoms with E-state index in [0.29, 0.717) is 15.7 Å². The number of amides is 1. The number of phenols is 1. The minimum Gasteiger partial charge on any atom is -0.508 e. The summed E-state index contributed by atoms with van der Waals surface area (Å²) in [6.07, 6.45) is 0. The molecular weight excluding hydrogens is 273 g/mol. The number of phenolic OH excluding ortho intramolecular Hbond substituents is 1. The highest BCUT2D eigenvalue weighted by atomic mass is 35.5. The fourth-order valence-corrected chi connectivity index (χ4v) is 1.83. The van der Waals surface area contributed by atoms with Crippen molar-refractivity contribution in [2.45, 2.75) is 0 Å². The maximum Gasteiger partial charge on any atom is 0.257 e. The van der Waals surface area contributed by atoms with Gasteiger partial charge in [0.25, 0.3) is 5.91 Å². The summed E-state index contributed by atoms with van der Waals surface area (Å²) in [6.45, 7) is 0. The van der Waals surface area contributed by atoms with Gasteiger partial charge >= 0.3 is 0 Å². The zero-order valence-corrected chi connectivity index (χ0v) is 10.7. The highest BCUT2D eigenvalue weighted by Gasteiger charge is 2.11. The highest BCUT2D eigenvalue weighted by Crippen LogP contribution is 2.22. The van der Waals surface area contributed by atoms with Crippen molar-refractivity contribution in [2.24, 2.45) is 0 Å². The van der Waals surface area contributed by atoms with Crippen molar-refractivity contribution in [1.29, 1.82) is 0 Å². The van der Waals surface area contributed by atoms with E-state index in [2.05, 4.69) is 5.32 Å². The number of hydrogen-bond donors (Lipinski definition) is 2. The molecule has 0 spiro atoms. The Hall–Kier alpha value is -1.71. The molecule has 0 heterocycles. The van der Waals surface area contributed by atoms with E-state index in [1.54, 1.807) is 24.3 Å². The largest absolute Gasteiger partial charge is 0.508 e. The van der Waals surface area contributed by atoms with Crippen LogP contribution in [0.4, 0.5) is 5.69 Å². The molecule has 0 saturated heterocycles. The zero-order valence-electron chi connectivity index (χ0n) is 9.15. The molecule has 0 aliphatic carbocycles. The van der Waals surface area contributed by atoms with Gasteiger partial charge in [0.1, 0.15) is 5.75 Å². The summed E-state index contributed by atoms with van der Waals surface area (Å²) < 4.78 is 0. The molecule has 18 heavy (non-hydrogen) atoms. The van der Waals surface area contributed by atoms with Crippen molar-refractivity contribution in [3.63, 3.8) is 0 Å². The summed E-state index contributed by atoms with van der Waals surface area (Å²) in [5, 5.41) is 12.7. The van der Waals surface area contributed by atoms with Crippen LogP contribution in [0.15, 0.2) is 42.5 Å². The van der Waals surface area contributed by atoms with Crippen LogP contribution in [0.5, 0.6) is 5.75 Å². The lowest BCUT2D eigenvalue weighted by atomic mass is 10.2. The summed E-state index contributed by atoms with van der Waals surface area (Å²) in [4.78, 5) is 12.0. The fraction of sp³-hybridized carbons (Fsp3) is 0. The van der Waals surface area contributed by atoms with Crippen LogP contribution in [0.25, 0.3) is 0 Å². The van der Waals surface area contributed by atoms with Gasteiger partial charge in [-0.05, 0) is 30.3 Å². The van der Waals surface area contributed by atoms with Gasteiger partial charge in [0.2, 0.25) is 0 Å². The van der Waals surface area contributed by atoms with Crippen molar-refractivity contribution < 1.29 is 9.90 Å². The molecule has 2 N–H and O–H groups in total. The Labute approximate surface area is 114 Å². The molecular formula is C13H9Cl2NO2. The molecule has 0 radical (unpaired) electrons. The quantitative estimate of drug-likeness (QED) is 0.876. The molecule has 92 valence electrons. The van der Waals surface area contributed by atoms with E-state index in [4.69, 9.17) is 23.2 Å². The topological polar surface area (TPSA) is 49.3 Å².